The van der Waals surface area contributed by atoms with Crippen LogP contribution in [0.3, 0.4) is 0 Å². The van der Waals surface area contributed by atoms with Crippen molar-refractivity contribution in [3.8, 4) is 5.75 Å². The fourth-order valence-electron chi connectivity index (χ4n) is 1.57. The Balaban J connectivity index is 2.47. The van der Waals surface area contributed by atoms with Gasteiger partial charge in [-0.25, -0.2) is 4.39 Å². The van der Waals surface area contributed by atoms with E-state index in [-0.39, 0.29) is 17.3 Å². The van der Waals surface area contributed by atoms with E-state index in [1.165, 1.54) is 13.2 Å². The molecule has 0 aliphatic carbocycles. The lowest BCUT2D eigenvalue weighted by atomic mass is 10.0. The molecule has 0 aromatic heterocycles. The van der Waals surface area contributed by atoms with Gasteiger partial charge in [-0.05, 0) is 37.1 Å². The van der Waals surface area contributed by atoms with Crippen molar-refractivity contribution in [2.45, 2.75) is 25.7 Å². The maximum Gasteiger partial charge on any atom is 0.165 e. The summed E-state index contributed by atoms with van der Waals surface area (Å²) in [5.74, 6) is 0.00860. The first kappa shape index (κ1) is 13.6. The molecule has 0 aliphatic heterocycles. The van der Waals surface area contributed by atoms with E-state index in [4.69, 9.17) is 10.5 Å². The van der Waals surface area contributed by atoms with Crippen molar-refractivity contribution in [2.24, 2.45) is 5.73 Å². The number of aryl methyl sites for hydroxylation is 1. The number of methoxy groups -OCH3 is 1. The van der Waals surface area contributed by atoms with Crippen LogP contribution < -0.4 is 10.5 Å². The summed E-state index contributed by atoms with van der Waals surface area (Å²) in [5, 5.41) is 0. The van der Waals surface area contributed by atoms with Crippen molar-refractivity contribution in [3.63, 3.8) is 0 Å². The Morgan fingerprint density at radius 1 is 1.41 bits per heavy atom. The van der Waals surface area contributed by atoms with Crippen molar-refractivity contribution < 1.29 is 13.9 Å². The molecule has 4 heteroatoms. The average Bonchev–Trinajstić information content (AvgIpc) is 2.34. The van der Waals surface area contributed by atoms with Gasteiger partial charge in [0.05, 0.1) is 7.11 Å². The molecule has 1 rings (SSSR count). The summed E-state index contributed by atoms with van der Waals surface area (Å²) in [6.07, 6.45) is 2.22. The summed E-state index contributed by atoms with van der Waals surface area (Å²) in [5.41, 5.74) is 6.13. The third-order valence-corrected chi connectivity index (χ3v) is 2.57. The van der Waals surface area contributed by atoms with Gasteiger partial charge in [0, 0.05) is 12.8 Å². The van der Waals surface area contributed by atoms with Crippen molar-refractivity contribution in [1.29, 1.82) is 0 Å². The van der Waals surface area contributed by atoms with Crippen molar-refractivity contribution in [3.05, 3.63) is 29.6 Å². The smallest absolute Gasteiger partial charge is 0.165 e. The molecular weight excluding hydrogens is 221 g/mol. The van der Waals surface area contributed by atoms with E-state index in [9.17, 15) is 9.18 Å². The molecule has 0 radical (unpaired) electrons. The van der Waals surface area contributed by atoms with Gasteiger partial charge >= 0.3 is 0 Å². The molecule has 0 aliphatic rings. The Morgan fingerprint density at radius 2 is 2.18 bits per heavy atom. The lowest BCUT2D eigenvalue weighted by molar-refractivity contribution is -0.119. The zero-order valence-electron chi connectivity index (χ0n) is 10.0. The van der Waals surface area contributed by atoms with Crippen LogP contribution in [0.5, 0.6) is 5.75 Å². The van der Waals surface area contributed by atoms with Gasteiger partial charge in [0.1, 0.15) is 5.78 Å². The molecule has 0 amide bonds. The van der Waals surface area contributed by atoms with Crippen molar-refractivity contribution >= 4 is 5.78 Å². The molecule has 94 valence electrons. The number of hydrogen-bond donors (Lipinski definition) is 1. The number of benzene rings is 1. The number of Topliss-reactive ketones (excluding diaryl/α,β-unsaturated/α-hetero) is 1. The van der Waals surface area contributed by atoms with Gasteiger partial charge in [0.15, 0.2) is 11.6 Å². The Bertz CT molecular complexity index is 380. The quantitative estimate of drug-likeness (QED) is 0.792. The minimum atomic E-state index is -0.389. The van der Waals surface area contributed by atoms with E-state index in [0.29, 0.717) is 25.8 Å². The van der Waals surface area contributed by atoms with Crippen LogP contribution in [-0.4, -0.2) is 19.4 Å². The molecule has 1 aromatic rings. The highest BCUT2D eigenvalue weighted by Gasteiger charge is 2.06. The molecular formula is C13H18FNO2. The minimum Gasteiger partial charge on any atom is -0.494 e. The summed E-state index contributed by atoms with van der Waals surface area (Å²) in [6, 6.07) is 4.77. The highest BCUT2D eigenvalue weighted by molar-refractivity contribution is 5.78. The topological polar surface area (TPSA) is 52.3 Å². The molecule has 1 aromatic carbocycles. The lowest BCUT2D eigenvalue weighted by Gasteiger charge is -2.05. The number of carbonyl (C=O) groups excluding carboxylic acids is 1. The Morgan fingerprint density at radius 3 is 2.76 bits per heavy atom. The maximum absolute atomic E-state index is 13.4. The van der Waals surface area contributed by atoms with Crippen LogP contribution >= 0.6 is 0 Å². The van der Waals surface area contributed by atoms with Gasteiger partial charge in [-0.2, -0.15) is 0 Å². The van der Waals surface area contributed by atoms with Gasteiger partial charge in [0.2, 0.25) is 0 Å². The molecule has 17 heavy (non-hydrogen) atoms. The first-order valence-corrected chi connectivity index (χ1v) is 5.71. The summed E-state index contributed by atoms with van der Waals surface area (Å²) in [7, 11) is 1.43. The monoisotopic (exact) mass is 239 g/mol. The Labute approximate surface area is 101 Å². The second-order valence-corrected chi connectivity index (χ2v) is 3.90. The fourth-order valence-corrected chi connectivity index (χ4v) is 1.57. The summed E-state index contributed by atoms with van der Waals surface area (Å²) >= 11 is 0. The molecule has 0 bridgehead atoms. The van der Waals surface area contributed by atoms with E-state index >= 15 is 0 Å². The zero-order valence-corrected chi connectivity index (χ0v) is 10.0. The van der Waals surface area contributed by atoms with Gasteiger partial charge in [0.25, 0.3) is 0 Å². The number of ketones is 1. The fraction of sp³-hybridized carbons (Fsp3) is 0.462. The van der Waals surface area contributed by atoms with Gasteiger partial charge in [-0.15, -0.1) is 0 Å². The number of ether oxygens (including phenoxy) is 1. The maximum atomic E-state index is 13.4. The van der Waals surface area contributed by atoms with Crippen molar-refractivity contribution in [2.75, 3.05) is 13.7 Å². The molecule has 2 N–H and O–H groups in total. The lowest BCUT2D eigenvalue weighted by Crippen LogP contribution is -2.05. The van der Waals surface area contributed by atoms with Crippen molar-refractivity contribution in [1.82, 2.24) is 0 Å². The number of carbonyl (C=O) groups is 1. The molecule has 0 saturated heterocycles. The summed E-state index contributed by atoms with van der Waals surface area (Å²) in [6.45, 7) is 0.531. The SMILES string of the molecule is COc1ccc(CCC(=O)CCCN)cc1F. The molecule has 0 atom stereocenters. The van der Waals surface area contributed by atoms with Crippen LogP contribution in [0.4, 0.5) is 4.39 Å². The normalized spacial score (nSPS) is 10.3. The third-order valence-electron chi connectivity index (χ3n) is 2.57. The number of halogens is 1. The first-order chi connectivity index (χ1) is 8.17. The van der Waals surface area contributed by atoms with Gasteiger partial charge in [-0.3, -0.25) is 4.79 Å². The third kappa shape index (κ3) is 4.53. The van der Waals surface area contributed by atoms with E-state index in [0.717, 1.165) is 12.0 Å². The van der Waals surface area contributed by atoms with E-state index in [1.807, 2.05) is 0 Å². The summed E-state index contributed by atoms with van der Waals surface area (Å²) < 4.78 is 18.2. The minimum absolute atomic E-state index is 0.173. The van der Waals surface area contributed by atoms with E-state index < -0.39 is 0 Å². The second kappa shape index (κ2) is 7.01. The molecule has 0 fully saturated rings. The highest BCUT2D eigenvalue weighted by Crippen LogP contribution is 2.18. The largest absolute Gasteiger partial charge is 0.494 e. The molecule has 0 heterocycles. The number of nitrogens with two attached hydrogens (primary N) is 1. The standard InChI is InChI=1S/C13H18FNO2/c1-17-13-7-5-10(9-12(13)14)4-6-11(16)3-2-8-15/h5,7,9H,2-4,6,8,15H2,1H3. The Hall–Kier alpha value is -1.42. The van der Waals surface area contributed by atoms with Crippen LogP contribution in [0.2, 0.25) is 0 Å². The predicted octanol–water partition coefficient (Wildman–Crippen LogP) is 2.07. The predicted molar refractivity (Wildman–Crippen MR) is 64.6 cm³/mol. The second-order valence-electron chi connectivity index (χ2n) is 3.90. The Kier molecular flexibility index (Phi) is 5.63. The number of hydrogen-bond acceptors (Lipinski definition) is 3. The van der Waals surface area contributed by atoms with E-state index in [1.54, 1.807) is 12.1 Å². The average molecular weight is 239 g/mol. The molecule has 0 unspecified atom stereocenters. The molecule has 0 saturated carbocycles. The van der Waals surface area contributed by atoms with Crippen LogP contribution in [0.15, 0.2) is 18.2 Å². The first-order valence-electron chi connectivity index (χ1n) is 5.71. The van der Waals surface area contributed by atoms with Gasteiger partial charge in [-0.1, -0.05) is 6.07 Å². The van der Waals surface area contributed by atoms with Gasteiger partial charge < -0.3 is 10.5 Å². The van der Waals surface area contributed by atoms with Crippen LogP contribution in [0, 0.1) is 5.82 Å². The zero-order chi connectivity index (χ0) is 12.7. The van der Waals surface area contributed by atoms with Crippen LogP contribution in [0.1, 0.15) is 24.8 Å². The van der Waals surface area contributed by atoms with Crippen LogP contribution in [-0.2, 0) is 11.2 Å². The summed E-state index contributed by atoms with van der Waals surface area (Å²) in [4.78, 5) is 11.4. The highest BCUT2D eigenvalue weighted by atomic mass is 19.1. The van der Waals surface area contributed by atoms with E-state index in [2.05, 4.69) is 0 Å². The number of rotatable bonds is 7. The molecule has 0 spiro atoms. The molecule has 3 nitrogen and oxygen atoms in total. The van der Waals surface area contributed by atoms with Crippen LogP contribution in [0.25, 0.3) is 0 Å².